The average Bonchev–Trinajstić information content (AvgIpc) is 2.59. The highest BCUT2D eigenvalue weighted by Crippen LogP contribution is 2.06. The van der Waals surface area contributed by atoms with Crippen LogP contribution in [0.15, 0.2) is 21.5 Å². The van der Waals surface area contributed by atoms with E-state index in [-0.39, 0.29) is 0 Å². The number of aryl methyl sites for hydroxylation is 1. The summed E-state index contributed by atoms with van der Waals surface area (Å²) < 4.78 is 5.35. The van der Waals surface area contributed by atoms with Crippen LogP contribution in [-0.4, -0.2) is 12.5 Å². The molecule has 1 aromatic heterocycles. The van der Waals surface area contributed by atoms with Gasteiger partial charge in [0.25, 0.3) is 0 Å². The van der Waals surface area contributed by atoms with Gasteiger partial charge in [0.1, 0.15) is 18.1 Å². The lowest BCUT2D eigenvalue weighted by atomic mass is 10.4. The molecule has 1 aromatic rings. The lowest BCUT2D eigenvalue weighted by Gasteiger charge is -2.05. The highest BCUT2D eigenvalue weighted by atomic mass is 16.3. The molecule has 0 saturated heterocycles. The van der Waals surface area contributed by atoms with Crippen LogP contribution in [0, 0.1) is 6.92 Å². The summed E-state index contributed by atoms with van der Waals surface area (Å²) in [6.07, 6.45) is 0. The van der Waals surface area contributed by atoms with Crippen molar-refractivity contribution in [3.05, 3.63) is 23.7 Å². The molecular formula is C9H16N4O. The van der Waals surface area contributed by atoms with Crippen molar-refractivity contribution in [2.75, 3.05) is 6.54 Å². The number of rotatable bonds is 3. The van der Waals surface area contributed by atoms with Gasteiger partial charge in [0.05, 0.1) is 0 Å². The van der Waals surface area contributed by atoms with Crippen molar-refractivity contribution in [3.8, 4) is 0 Å². The zero-order chi connectivity index (χ0) is 10.4. The highest BCUT2D eigenvalue weighted by molar-refractivity contribution is 5.78. The van der Waals surface area contributed by atoms with Crippen molar-refractivity contribution in [2.45, 2.75) is 20.4 Å². The van der Waals surface area contributed by atoms with Crippen molar-refractivity contribution in [1.29, 1.82) is 0 Å². The number of nitrogens with one attached hydrogen (secondary N) is 2. The summed E-state index contributed by atoms with van der Waals surface area (Å²) in [5.41, 5.74) is 2.48. The zero-order valence-electron chi connectivity index (χ0n) is 8.50. The quantitative estimate of drug-likeness (QED) is 0.285. The number of nitrogens with zero attached hydrogens (tertiary/aromatic N) is 1. The molecule has 1 heterocycles. The Morgan fingerprint density at radius 3 is 2.86 bits per heavy atom. The predicted octanol–water partition coefficient (Wildman–Crippen LogP) is 0.517. The number of hydrogen-bond acceptors (Lipinski definition) is 3. The van der Waals surface area contributed by atoms with E-state index in [0.717, 1.165) is 18.1 Å². The first-order valence-electron chi connectivity index (χ1n) is 4.56. The third-order valence-electron chi connectivity index (χ3n) is 1.67. The van der Waals surface area contributed by atoms with Crippen LogP contribution >= 0.6 is 0 Å². The molecule has 14 heavy (non-hydrogen) atoms. The maximum atomic E-state index is 5.35. The molecule has 1 rings (SSSR count). The van der Waals surface area contributed by atoms with E-state index in [4.69, 9.17) is 10.3 Å². The Bertz CT molecular complexity index is 306. The van der Waals surface area contributed by atoms with Gasteiger partial charge in [-0.05, 0) is 26.0 Å². The van der Waals surface area contributed by atoms with Gasteiger partial charge in [-0.15, -0.1) is 0 Å². The van der Waals surface area contributed by atoms with E-state index in [9.17, 15) is 0 Å². The van der Waals surface area contributed by atoms with Crippen molar-refractivity contribution in [1.82, 2.24) is 10.7 Å². The molecule has 0 amide bonds. The Morgan fingerprint density at radius 2 is 2.36 bits per heavy atom. The molecule has 0 aliphatic heterocycles. The SMILES string of the molecule is CCNC(=NCc1ccc(C)o1)NN. The van der Waals surface area contributed by atoms with E-state index >= 15 is 0 Å². The van der Waals surface area contributed by atoms with E-state index in [1.807, 2.05) is 26.0 Å². The van der Waals surface area contributed by atoms with E-state index in [2.05, 4.69) is 15.7 Å². The maximum absolute atomic E-state index is 5.35. The molecule has 5 heteroatoms. The molecule has 0 fully saturated rings. The molecule has 78 valence electrons. The Labute approximate surface area is 83.4 Å². The second-order valence-corrected chi connectivity index (χ2v) is 2.85. The molecule has 5 nitrogen and oxygen atoms in total. The fourth-order valence-electron chi connectivity index (χ4n) is 1.05. The molecule has 0 aromatic carbocycles. The lowest BCUT2D eigenvalue weighted by molar-refractivity contribution is 0.485. The van der Waals surface area contributed by atoms with Crippen LogP contribution in [0.3, 0.4) is 0 Å². The van der Waals surface area contributed by atoms with E-state index < -0.39 is 0 Å². The minimum atomic E-state index is 0.486. The van der Waals surface area contributed by atoms with Gasteiger partial charge < -0.3 is 9.73 Å². The predicted molar refractivity (Wildman–Crippen MR) is 55.6 cm³/mol. The van der Waals surface area contributed by atoms with Gasteiger partial charge in [0, 0.05) is 6.54 Å². The molecule has 0 bridgehead atoms. The van der Waals surface area contributed by atoms with Crippen LogP contribution in [-0.2, 0) is 6.54 Å². The molecule has 0 atom stereocenters. The second-order valence-electron chi connectivity index (χ2n) is 2.85. The normalized spacial score (nSPS) is 11.5. The van der Waals surface area contributed by atoms with Gasteiger partial charge in [0.15, 0.2) is 0 Å². The summed E-state index contributed by atoms with van der Waals surface area (Å²) in [5.74, 6) is 7.54. The Balaban J connectivity index is 2.51. The average molecular weight is 196 g/mol. The fraction of sp³-hybridized carbons (Fsp3) is 0.444. The van der Waals surface area contributed by atoms with Crippen molar-refractivity contribution >= 4 is 5.96 Å². The summed E-state index contributed by atoms with van der Waals surface area (Å²) >= 11 is 0. The van der Waals surface area contributed by atoms with Crippen LogP contribution in [0.25, 0.3) is 0 Å². The summed E-state index contributed by atoms with van der Waals surface area (Å²) in [6.45, 7) is 5.14. The number of hydrogen-bond donors (Lipinski definition) is 3. The number of aliphatic imine (C=N–C) groups is 1. The molecule has 0 aliphatic carbocycles. The van der Waals surface area contributed by atoms with Crippen molar-refractivity contribution < 1.29 is 4.42 Å². The standard InChI is InChI=1S/C9H16N4O/c1-3-11-9(13-10)12-6-8-5-4-7(2)14-8/h4-5H,3,6,10H2,1-2H3,(H2,11,12,13). The first-order chi connectivity index (χ1) is 6.76. The molecular weight excluding hydrogens is 180 g/mol. The molecule has 4 N–H and O–H groups in total. The van der Waals surface area contributed by atoms with Gasteiger partial charge in [0.2, 0.25) is 5.96 Å². The molecule has 0 radical (unpaired) electrons. The topological polar surface area (TPSA) is 75.6 Å². The third-order valence-corrected chi connectivity index (χ3v) is 1.67. The molecule has 0 aliphatic rings. The van der Waals surface area contributed by atoms with Crippen LogP contribution in [0.1, 0.15) is 18.4 Å². The van der Waals surface area contributed by atoms with Gasteiger partial charge in [-0.3, -0.25) is 5.43 Å². The summed E-state index contributed by atoms with van der Waals surface area (Å²) in [7, 11) is 0. The zero-order valence-corrected chi connectivity index (χ0v) is 8.50. The fourth-order valence-corrected chi connectivity index (χ4v) is 1.05. The van der Waals surface area contributed by atoms with Gasteiger partial charge in [-0.1, -0.05) is 0 Å². The number of nitrogens with two attached hydrogens (primary N) is 1. The Kier molecular flexibility index (Phi) is 4.00. The lowest BCUT2D eigenvalue weighted by Crippen LogP contribution is -2.41. The summed E-state index contributed by atoms with van der Waals surface area (Å²) in [5, 5.41) is 2.98. The largest absolute Gasteiger partial charge is 0.464 e. The minimum absolute atomic E-state index is 0.486. The monoisotopic (exact) mass is 196 g/mol. The van der Waals surface area contributed by atoms with E-state index in [0.29, 0.717) is 12.5 Å². The second kappa shape index (κ2) is 5.29. The number of guanidine groups is 1. The first-order valence-corrected chi connectivity index (χ1v) is 4.56. The van der Waals surface area contributed by atoms with E-state index in [1.165, 1.54) is 0 Å². The van der Waals surface area contributed by atoms with Crippen molar-refractivity contribution in [2.24, 2.45) is 10.8 Å². The van der Waals surface area contributed by atoms with Crippen LogP contribution in [0.5, 0.6) is 0 Å². The van der Waals surface area contributed by atoms with Gasteiger partial charge in [-0.2, -0.15) is 0 Å². The smallest absolute Gasteiger partial charge is 0.206 e. The number of furan rings is 1. The number of hydrazine groups is 1. The summed E-state index contributed by atoms with van der Waals surface area (Å²) in [6, 6.07) is 3.81. The maximum Gasteiger partial charge on any atom is 0.206 e. The van der Waals surface area contributed by atoms with Crippen molar-refractivity contribution in [3.63, 3.8) is 0 Å². The van der Waals surface area contributed by atoms with Crippen LogP contribution in [0.2, 0.25) is 0 Å². The third kappa shape index (κ3) is 3.10. The highest BCUT2D eigenvalue weighted by Gasteiger charge is 1.98. The van der Waals surface area contributed by atoms with Crippen LogP contribution in [0.4, 0.5) is 0 Å². The molecule has 0 unspecified atom stereocenters. The molecule has 0 spiro atoms. The van der Waals surface area contributed by atoms with Gasteiger partial charge >= 0.3 is 0 Å². The Hall–Kier alpha value is -1.49. The van der Waals surface area contributed by atoms with Gasteiger partial charge in [-0.25, -0.2) is 10.8 Å². The molecule has 0 saturated carbocycles. The van der Waals surface area contributed by atoms with E-state index in [1.54, 1.807) is 0 Å². The summed E-state index contributed by atoms with van der Waals surface area (Å²) in [4.78, 5) is 4.19. The first kappa shape index (κ1) is 10.6. The van der Waals surface area contributed by atoms with Crippen LogP contribution < -0.4 is 16.6 Å². The Morgan fingerprint density at radius 1 is 1.57 bits per heavy atom. The minimum Gasteiger partial charge on any atom is -0.464 e.